The molecule has 2 unspecified atom stereocenters. The van der Waals surface area contributed by atoms with E-state index in [4.69, 9.17) is 4.74 Å². The summed E-state index contributed by atoms with van der Waals surface area (Å²) in [5.74, 6) is -0.249. The van der Waals surface area contributed by atoms with Crippen molar-refractivity contribution in [2.24, 2.45) is 0 Å². The lowest BCUT2D eigenvalue weighted by Gasteiger charge is -2.48. The number of carbonyl (C=O) groups is 3. The Balaban J connectivity index is 1.08. The highest BCUT2D eigenvalue weighted by Gasteiger charge is 2.41. The fourth-order valence-electron chi connectivity index (χ4n) is 6.37. The number of halogens is 3. The molecule has 0 spiro atoms. The van der Waals surface area contributed by atoms with E-state index in [1.54, 1.807) is 24.3 Å². The van der Waals surface area contributed by atoms with Crippen molar-refractivity contribution in [1.82, 2.24) is 15.1 Å². The zero-order chi connectivity index (χ0) is 28.0. The highest BCUT2D eigenvalue weighted by atomic mass is 19.4. The maximum Gasteiger partial charge on any atom is 0.573 e. The number of amides is 3. The van der Waals surface area contributed by atoms with Gasteiger partial charge in [0, 0.05) is 43.6 Å². The molecular formula is C29H30F3N3O5. The van der Waals surface area contributed by atoms with Gasteiger partial charge in [0.1, 0.15) is 23.6 Å². The van der Waals surface area contributed by atoms with E-state index in [2.05, 4.69) is 15.0 Å². The van der Waals surface area contributed by atoms with Crippen LogP contribution in [0.15, 0.2) is 42.5 Å². The fourth-order valence-corrected chi connectivity index (χ4v) is 6.37. The third-order valence-electron chi connectivity index (χ3n) is 8.41. The van der Waals surface area contributed by atoms with Crippen LogP contribution in [0.25, 0.3) is 0 Å². The average molecular weight is 558 g/mol. The van der Waals surface area contributed by atoms with E-state index in [0.717, 1.165) is 49.9 Å². The largest absolute Gasteiger partial charge is 0.573 e. The first kappa shape index (κ1) is 26.6. The minimum atomic E-state index is -4.70. The highest BCUT2D eigenvalue weighted by Crippen LogP contribution is 2.37. The molecule has 2 aromatic carbocycles. The Morgan fingerprint density at radius 3 is 2.35 bits per heavy atom. The smallest absolute Gasteiger partial charge is 0.489 e. The van der Waals surface area contributed by atoms with Gasteiger partial charge in [0.05, 0.1) is 0 Å². The van der Waals surface area contributed by atoms with Crippen LogP contribution in [0.3, 0.4) is 0 Å². The third kappa shape index (κ3) is 5.39. The van der Waals surface area contributed by atoms with Gasteiger partial charge in [-0.1, -0.05) is 18.6 Å². The van der Waals surface area contributed by atoms with Crippen LogP contribution in [0, 0.1) is 0 Å². The standard InChI is InChI=1S/C29H30F3N3O5/c30-29(31,32)40-20-7-5-17(6-8-20)19-14-34(15-19)23-3-1-2-4-25(23)39-21-9-10-22-18(13-21)16-35(28(22)38)24-11-12-26(36)33-27(24)37/h5-10,13,19,23-25H,1-4,11-12,14-16H2,(H,33,36,37)/t23?,24?,25-/m1/s1. The van der Waals surface area contributed by atoms with Gasteiger partial charge in [-0.3, -0.25) is 24.6 Å². The van der Waals surface area contributed by atoms with Crippen LogP contribution < -0.4 is 14.8 Å². The van der Waals surface area contributed by atoms with E-state index in [-0.39, 0.29) is 42.0 Å². The molecule has 2 aromatic rings. The summed E-state index contributed by atoms with van der Waals surface area (Å²) >= 11 is 0. The molecule has 3 heterocycles. The van der Waals surface area contributed by atoms with E-state index in [1.807, 2.05) is 6.07 Å². The minimum Gasteiger partial charge on any atom is -0.489 e. The first-order chi connectivity index (χ1) is 19.1. The number of nitrogens with one attached hydrogen (secondary N) is 1. The number of alkyl halides is 3. The van der Waals surface area contributed by atoms with Crippen LogP contribution in [-0.2, 0) is 16.1 Å². The Bertz CT molecular complexity index is 1310. The van der Waals surface area contributed by atoms with Crippen LogP contribution in [0.2, 0.25) is 0 Å². The topological polar surface area (TPSA) is 88.2 Å². The number of hydrogen-bond acceptors (Lipinski definition) is 6. The van der Waals surface area contributed by atoms with Crippen LogP contribution >= 0.6 is 0 Å². The summed E-state index contributed by atoms with van der Waals surface area (Å²) in [5.41, 5.74) is 2.35. The summed E-state index contributed by atoms with van der Waals surface area (Å²) in [6.07, 6.45) is -0.107. The van der Waals surface area contributed by atoms with E-state index in [9.17, 15) is 27.6 Å². The minimum absolute atomic E-state index is 0.0151. The number of likely N-dealkylation sites (tertiary alicyclic amines) is 1. The lowest BCUT2D eigenvalue weighted by molar-refractivity contribution is -0.274. The van der Waals surface area contributed by atoms with Crippen molar-refractivity contribution in [3.05, 3.63) is 59.2 Å². The molecule has 11 heteroatoms. The lowest BCUT2D eigenvalue weighted by atomic mass is 9.84. The summed E-state index contributed by atoms with van der Waals surface area (Å²) in [4.78, 5) is 40.8. The van der Waals surface area contributed by atoms with Crippen LogP contribution in [0.5, 0.6) is 11.5 Å². The quantitative estimate of drug-likeness (QED) is 0.538. The second kappa shape index (κ2) is 10.4. The number of carbonyl (C=O) groups excluding carboxylic acids is 3. The van der Waals surface area contributed by atoms with Gasteiger partial charge in [-0.05, 0) is 67.1 Å². The Labute approximate surface area is 229 Å². The number of ether oxygens (including phenoxy) is 2. The van der Waals surface area contributed by atoms with Crippen molar-refractivity contribution in [3.8, 4) is 11.5 Å². The van der Waals surface area contributed by atoms with Crippen molar-refractivity contribution < 1.29 is 37.0 Å². The molecule has 40 heavy (non-hydrogen) atoms. The number of hydrogen-bond donors (Lipinski definition) is 1. The average Bonchev–Trinajstić information content (AvgIpc) is 3.19. The lowest BCUT2D eigenvalue weighted by Crippen LogP contribution is -2.57. The third-order valence-corrected chi connectivity index (χ3v) is 8.41. The summed E-state index contributed by atoms with van der Waals surface area (Å²) in [6, 6.07) is 11.1. The van der Waals surface area contributed by atoms with Crippen molar-refractivity contribution in [2.45, 2.75) is 75.5 Å². The second-order valence-corrected chi connectivity index (χ2v) is 11.0. The number of fused-ring (bicyclic) bond motifs is 1. The Morgan fingerprint density at radius 1 is 0.900 bits per heavy atom. The molecule has 2 saturated heterocycles. The first-order valence-electron chi connectivity index (χ1n) is 13.7. The van der Waals surface area contributed by atoms with Gasteiger partial charge in [-0.25, -0.2) is 0 Å². The summed E-state index contributed by atoms with van der Waals surface area (Å²) in [5, 5.41) is 2.32. The van der Waals surface area contributed by atoms with Gasteiger partial charge in [0.25, 0.3) is 5.91 Å². The Hall–Kier alpha value is -3.60. The van der Waals surface area contributed by atoms with Crippen molar-refractivity contribution in [2.75, 3.05) is 13.1 Å². The molecule has 8 nitrogen and oxygen atoms in total. The van der Waals surface area contributed by atoms with Crippen molar-refractivity contribution >= 4 is 17.7 Å². The molecule has 1 aliphatic carbocycles. The molecule has 1 saturated carbocycles. The fraction of sp³-hybridized carbons (Fsp3) is 0.483. The molecule has 212 valence electrons. The van der Waals surface area contributed by atoms with Gasteiger partial charge < -0.3 is 14.4 Å². The number of piperidine rings is 1. The number of nitrogens with zero attached hydrogens (tertiary/aromatic N) is 2. The molecule has 0 aromatic heterocycles. The summed E-state index contributed by atoms with van der Waals surface area (Å²) in [7, 11) is 0. The maximum absolute atomic E-state index is 13.0. The van der Waals surface area contributed by atoms with Gasteiger partial charge >= 0.3 is 6.36 Å². The number of benzene rings is 2. The molecule has 0 bridgehead atoms. The van der Waals surface area contributed by atoms with Crippen LogP contribution in [-0.4, -0.2) is 65.2 Å². The Morgan fingerprint density at radius 2 is 1.62 bits per heavy atom. The molecule has 6 rings (SSSR count). The number of imide groups is 1. The van der Waals surface area contributed by atoms with E-state index >= 15 is 0 Å². The van der Waals surface area contributed by atoms with Gasteiger partial charge in [-0.2, -0.15) is 0 Å². The highest BCUT2D eigenvalue weighted by molar-refractivity contribution is 6.05. The van der Waals surface area contributed by atoms with E-state index in [1.165, 1.54) is 17.0 Å². The molecule has 3 amide bonds. The van der Waals surface area contributed by atoms with Crippen LogP contribution in [0.1, 0.15) is 65.9 Å². The molecule has 3 atom stereocenters. The SMILES string of the molecule is O=C1CCC(N2Cc3cc(O[C@@H]4CCCCC4N4CC(c5ccc(OC(F)(F)F)cc5)C4)ccc3C2=O)C(=O)N1. The van der Waals surface area contributed by atoms with Crippen LogP contribution in [0.4, 0.5) is 13.2 Å². The van der Waals surface area contributed by atoms with E-state index < -0.39 is 18.3 Å². The van der Waals surface area contributed by atoms with Gasteiger partial charge in [0.2, 0.25) is 11.8 Å². The predicted octanol–water partition coefficient (Wildman–Crippen LogP) is 4.14. The zero-order valence-corrected chi connectivity index (χ0v) is 21.8. The van der Waals surface area contributed by atoms with E-state index in [0.29, 0.717) is 24.3 Å². The monoisotopic (exact) mass is 557 g/mol. The zero-order valence-electron chi connectivity index (χ0n) is 21.8. The second-order valence-electron chi connectivity index (χ2n) is 11.0. The molecule has 0 radical (unpaired) electrons. The van der Waals surface area contributed by atoms with Crippen molar-refractivity contribution in [3.63, 3.8) is 0 Å². The summed E-state index contributed by atoms with van der Waals surface area (Å²) < 4.78 is 47.8. The molecule has 1 N–H and O–H groups in total. The molecule has 3 fully saturated rings. The molecular weight excluding hydrogens is 527 g/mol. The van der Waals surface area contributed by atoms with Gasteiger partial charge in [0.15, 0.2) is 0 Å². The predicted molar refractivity (Wildman–Crippen MR) is 137 cm³/mol. The van der Waals surface area contributed by atoms with Gasteiger partial charge in [-0.15, -0.1) is 13.2 Å². The Kier molecular flexibility index (Phi) is 6.93. The first-order valence-corrected chi connectivity index (χ1v) is 13.7. The molecule has 4 aliphatic rings. The number of rotatable bonds is 6. The summed E-state index contributed by atoms with van der Waals surface area (Å²) in [6.45, 7) is 1.92. The van der Waals surface area contributed by atoms with Crippen molar-refractivity contribution in [1.29, 1.82) is 0 Å². The maximum atomic E-state index is 13.0. The molecule has 3 aliphatic heterocycles. The normalized spacial score (nSPS) is 25.8.